The summed E-state index contributed by atoms with van der Waals surface area (Å²) in [6, 6.07) is 94.5. The van der Waals surface area contributed by atoms with E-state index in [2.05, 4.69) is 277 Å². The number of anilines is 6. The van der Waals surface area contributed by atoms with Gasteiger partial charge in [-0.15, -0.1) is 0 Å². The van der Waals surface area contributed by atoms with Crippen LogP contribution in [0.1, 0.15) is 25.0 Å². The molecule has 73 heavy (non-hydrogen) atoms. The first-order chi connectivity index (χ1) is 36.0. The average molecular weight is 936 g/mol. The lowest BCUT2D eigenvalue weighted by Gasteiger charge is -2.29. The maximum Gasteiger partial charge on any atom is 0.143 e. The number of para-hydroxylation sites is 6. The zero-order valence-corrected chi connectivity index (χ0v) is 40.6. The third-order valence-corrected chi connectivity index (χ3v) is 15.2. The topological polar surface area (TPSA) is 24.6 Å². The van der Waals surface area contributed by atoms with Crippen molar-refractivity contribution in [3.63, 3.8) is 0 Å². The summed E-state index contributed by atoms with van der Waals surface area (Å²) in [6.07, 6.45) is 0. The van der Waals surface area contributed by atoms with Gasteiger partial charge in [-0.05, 0) is 148 Å². The molecular weight excluding hydrogens is 887 g/mol. The van der Waals surface area contributed by atoms with E-state index in [1.165, 1.54) is 49.6 Å². The number of benzene rings is 11. The first-order valence-electron chi connectivity index (χ1n) is 25.2. The van der Waals surface area contributed by atoms with Gasteiger partial charge in [0.05, 0.1) is 11.0 Å². The molecule has 2 aromatic heterocycles. The summed E-state index contributed by atoms with van der Waals surface area (Å²) in [6.45, 7) is 4.75. The highest BCUT2D eigenvalue weighted by Gasteiger charge is 2.37. The summed E-state index contributed by atoms with van der Waals surface area (Å²) < 4.78 is 8.88. The quantitative estimate of drug-likeness (QED) is 0.144. The molecule has 11 aromatic carbocycles. The van der Waals surface area contributed by atoms with Gasteiger partial charge in [0.2, 0.25) is 0 Å². The molecule has 13 aromatic rings. The summed E-state index contributed by atoms with van der Waals surface area (Å²) >= 11 is 0. The molecule has 4 nitrogen and oxygen atoms in total. The Bertz CT molecular complexity index is 4170. The van der Waals surface area contributed by atoms with Crippen LogP contribution in [0.3, 0.4) is 0 Å². The lowest BCUT2D eigenvalue weighted by atomic mass is 9.82. The molecule has 0 fully saturated rings. The predicted molar refractivity (Wildman–Crippen MR) is 306 cm³/mol. The van der Waals surface area contributed by atoms with Crippen LogP contribution in [-0.2, 0) is 5.41 Å². The molecule has 0 bridgehead atoms. The molecule has 0 radical (unpaired) electrons. The van der Waals surface area contributed by atoms with E-state index in [0.29, 0.717) is 0 Å². The van der Waals surface area contributed by atoms with E-state index in [0.717, 1.165) is 78.4 Å². The van der Waals surface area contributed by atoms with Crippen molar-refractivity contribution >= 4 is 77.9 Å². The first kappa shape index (κ1) is 42.5. The average Bonchev–Trinajstić information content (AvgIpc) is 4.07. The number of aromatic nitrogens is 1. The fourth-order valence-corrected chi connectivity index (χ4v) is 11.6. The Morgan fingerprint density at radius 3 is 1.44 bits per heavy atom. The third kappa shape index (κ3) is 6.98. The first-order valence-corrected chi connectivity index (χ1v) is 25.2. The largest absolute Gasteiger partial charge is 0.455 e. The smallest absolute Gasteiger partial charge is 0.143 e. The Morgan fingerprint density at radius 1 is 0.329 bits per heavy atom. The molecule has 0 saturated heterocycles. The van der Waals surface area contributed by atoms with Crippen LogP contribution in [0.4, 0.5) is 34.1 Å². The van der Waals surface area contributed by atoms with Gasteiger partial charge < -0.3 is 18.8 Å². The van der Waals surface area contributed by atoms with Crippen molar-refractivity contribution < 1.29 is 4.42 Å². The van der Waals surface area contributed by atoms with Gasteiger partial charge >= 0.3 is 0 Å². The van der Waals surface area contributed by atoms with Crippen molar-refractivity contribution in [1.29, 1.82) is 0 Å². The number of nitrogens with zero attached hydrogens (tertiary/aromatic N) is 3. The molecule has 0 saturated carbocycles. The Kier molecular flexibility index (Phi) is 9.84. The Hall–Kier alpha value is -9.38. The van der Waals surface area contributed by atoms with Crippen molar-refractivity contribution in [3.8, 4) is 39.1 Å². The summed E-state index contributed by atoms with van der Waals surface area (Å²) in [7, 11) is 0. The molecule has 2 heterocycles. The molecule has 0 aliphatic heterocycles. The maximum absolute atomic E-state index is 6.51. The van der Waals surface area contributed by atoms with Gasteiger partial charge in [0.1, 0.15) is 11.2 Å². The lowest BCUT2D eigenvalue weighted by molar-refractivity contribution is 0.660. The molecule has 4 heteroatoms. The van der Waals surface area contributed by atoms with E-state index in [9.17, 15) is 0 Å². The molecule has 0 amide bonds. The predicted octanol–water partition coefficient (Wildman–Crippen LogP) is 19.3. The Morgan fingerprint density at radius 2 is 0.808 bits per heavy atom. The normalized spacial score (nSPS) is 12.6. The van der Waals surface area contributed by atoms with Gasteiger partial charge in [-0.1, -0.05) is 166 Å². The van der Waals surface area contributed by atoms with Gasteiger partial charge in [-0.2, -0.15) is 0 Å². The van der Waals surface area contributed by atoms with Crippen molar-refractivity contribution in [2.75, 3.05) is 9.80 Å². The number of rotatable bonds is 9. The van der Waals surface area contributed by atoms with E-state index in [1.54, 1.807) is 0 Å². The molecule has 14 rings (SSSR count). The second kappa shape index (κ2) is 16.9. The van der Waals surface area contributed by atoms with Crippen LogP contribution in [-0.4, -0.2) is 4.57 Å². The standard InChI is InChI=1S/C69H49N3O/c1-69(2)63-44-54(70(49-17-6-3-7-18-49)50-19-8-4-9-20-50)38-40-57(63)58-41-39-55(45-64(58)69)71(53-36-31-47(32-37-53)56-25-16-26-61-60-24-13-15-28-67(60)73-68(56)61)52-34-29-46(30-35-52)48-33-42-66-62(43-48)59-23-12-14-27-65(59)72(66)51-21-10-5-11-22-51/h3-45H,1-2H3. The monoisotopic (exact) mass is 935 g/mol. The fraction of sp³-hybridized carbons (Fsp3) is 0.0435. The molecule has 1 aliphatic carbocycles. The van der Waals surface area contributed by atoms with E-state index in [1.807, 2.05) is 12.1 Å². The van der Waals surface area contributed by atoms with Crippen molar-refractivity contribution in [3.05, 3.63) is 272 Å². The maximum atomic E-state index is 6.51. The highest BCUT2D eigenvalue weighted by Crippen LogP contribution is 2.53. The summed E-state index contributed by atoms with van der Waals surface area (Å²) in [5.41, 5.74) is 21.4. The Labute approximate surface area is 424 Å². The molecule has 346 valence electrons. The van der Waals surface area contributed by atoms with Gasteiger partial charge in [0.15, 0.2) is 0 Å². The van der Waals surface area contributed by atoms with E-state index in [-0.39, 0.29) is 5.41 Å². The summed E-state index contributed by atoms with van der Waals surface area (Å²) in [5.74, 6) is 0. The SMILES string of the molecule is CC1(C)c2cc(N(c3ccccc3)c3ccccc3)ccc2-c2ccc(N(c3ccc(-c4ccc5c(c4)c4ccccc4n5-c4ccccc4)cc3)c3ccc(-c4cccc5c4oc4ccccc45)cc3)cc21. The molecule has 1 aliphatic rings. The Balaban J connectivity index is 0.867. The fourth-order valence-electron chi connectivity index (χ4n) is 11.6. The molecule has 0 atom stereocenters. The van der Waals surface area contributed by atoms with Crippen LogP contribution in [0.15, 0.2) is 265 Å². The molecular formula is C69H49N3O. The summed E-state index contributed by atoms with van der Waals surface area (Å²) in [4.78, 5) is 4.76. The zero-order chi connectivity index (χ0) is 48.6. The van der Waals surface area contributed by atoms with Crippen LogP contribution >= 0.6 is 0 Å². The van der Waals surface area contributed by atoms with Crippen LogP contribution in [0.2, 0.25) is 0 Å². The van der Waals surface area contributed by atoms with Crippen molar-refractivity contribution in [2.24, 2.45) is 0 Å². The number of hydrogen-bond acceptors (Lipinski definition) is 3. The second-order valence-electron chi connectivity index (χ2n) is 19.7. The summed E-state index contributed by atoms with van der Waals surface area (Å²) in [5, 5.41) is 4.74. The minimum absolute atomic E-state index is 0.275. The molecule has 0 N–H and O–H groups in total. The van der Waals surface area contributed by atoms with Crippen LogP contribution in [0.5, 0.6) is 0 Å². The van der Waals surface area contributed by atoms with Crippen molar-refractivity contribution in [1.82, 2.24) is 4.57 Å². The van der Waals surface area contributed by atoms with Crippen LogP contribution < -0.4 is 9.80 Å². The van der Waals surface area contributed by atoms with Crippen molar-refractivity contribution in [2.45, 2.75) is 19.3 Å². The van der Waals surface area contributed by atoms with Gasteiger partial charge in [-0.3, -0.25) is 0 Å². The van der Waals surface area contributed by atoms with E-state index in [4.69, 9.17) is 4.42 Å². The lowest BCUT2D eigenvalue weighted by Crippen LogP contribution is -2.17. The van der Waals surface area contributed by atoms with E-state index >= 15 is 0 Å². The van der Waals surface area contributed by atoms with Gasteiger partial charge in [0.25, 0.3) is 0 Å². The minimum atomic E-state index is -0.275. The minimum Gasteiger partial charge on any atom is -0.455 e. The number of hydrogen-bond donors (Lipinski definition) is 0. The zero-order valence-electron chi connectivity index (χ0n) is 40.6. The van der Waals surface area contributed by atoms with Gasteiger partial charge in [0, 0.05) is 72.3 Å². The second-order valence-corrected chi connectivity index (χ2v) is 19.7. The van der Waals surface area contributed by atoms with Gasteiger partial charge in [-0.25, -0.2) is 0 Å². The molecule has 0 unspecified atom stereocenters. The van der Waals surface area contributed by atoms with Crippen LogP contribution in [0, 0.1) is 0 Å². The van der Waals surface area contributed by atoms with Crippen LogP contribution in [0.25, 0.3) is 82.8 Å². The number of fused-ring (bicyclic) bond motifs is 9. The van der Waals surface area contributed by atoms with E-state index < -0.39 is 0 Å². The number of furan rings is 1. The third-order valence-electron chi connectivity index (χ3n) is 15.2. The molecule has 0 spiro atoms. The highest BCUT2D eigenvalue weighted by molar-refractivity contribution is 6.11. The highest BCUT2D eigenvalue weighted by atomic mass is 16.3.